The first-order valence-electron chi connectivity index (χ1n) is 6.12. The average molecular weight is 248 g/mol. The topological polar surface area (TPSA) is 44.0 Å². The zero-order valence-electron chi connectivity index (χ0n) is 11.0. The first-order valence-corrected chi connectivity index (χ1v) is 6.12. The number of hydrogen-bond acceptors (Lipinski definition) is 3. The summed E-state index contributed by atoms with van der Waals surface area (Å²) in [5, 5.41) is 7.74. The Bertz CT molecular complexity index is 475. The number of rotatable bonds is 7. The Morgan fingerprint density at radius 1 is 1.33 bits per heavy atom. The summed E-state index contributed by atoms with van der Waals surface area (Å²) >= 11 is 0. The summed E-state index contributed by atoms with van der Waals surface area (Å²) in [6, 6.07) is 6.24. The van der Waals surface area contributed by atoms with E-state index in [4.69, 9.17) is 4.74 Å². The minimum atomic E-state index is 0.737. The number of ether oxygens (including phenoxy) is 1. The molecule has 5 heteroatoms. The van der Waals surface area contributed by atoms with Crippen LogP contribution in [0.2, 0.25) is 0 Å². The molecule has 0 fully saturated rings. The molecule has 0 aromatic carbocycles. The quantitative estimate of drug-likeness (QED) is 0.744. The Kier molecular flexibility index (Phi) is 4.55. The predicted octanol–water partition coefficient (Wildman–Crippen LogP) is 1.01. The Balaban J connectivity index is 1.91. The van der Waals surface area contributed by atoms with E-state index < -0.39 is 0 Å². The third-order valence-electron chi connectivity index (χ3n) is 2.81. The van der Waals surface area contributed by atoms with Gasteiger partial charge in [0.25, 0.3) is 0 Å². The number of aromatic nitrogens is 3. The third kappa shape index (κ3) is 3.45. The van der Waals surface area contributed by atoms with Crippen molar-refractivity contribution < 1.29 is 4.74 Å². The Labute approximate surface area is 107 Å². The molecule has 2 aromatic heterocycles. The summed E-state index contributed by atoms with van der Waals surface area (Å²) in [5.74, 6) is 0. The summed E-state index contributed by atoms with van der Waals surface area (Å²) in [6.07, 6.45) is 4.05. The van der Waals surface area contributed by atoms with E-state index in [0.29, 0.717) is 0 Å². The van der Waals surface area contributed by atoms with Crippen LogP contribution in [0.5, 0.6) is 0 Å². The molecule has 0 spiro atoms. The van der Waals surface area contributed by atoms with Crippen LogP contribution in [0.4, 0.5) is 0 Å². The van der Waals surface area contributed by atoms with Gasteiger partial charge in [0.15, 0.2) is 0 Å². The smallest absolute Gasteiger partial charge is 0.0821 e. The molecule has 98 valence electrons. The number of aryl methyl sites for hydroxylation is 1. The highest BCUT2D eigenvalue weighted by Crippen LogP contribution is 2.06. The van der Waals surface area contributed by atoms with Crippen LogP contribution in [-0.2, 0) is 24.9 Å². The molecule has 2 rings (SSSR count). The van der Waals surface area contributed by atoms with Crippen molar-refractivity contribution in [3.63, 3.8) is 0 Å². The largest absolute Gasteiger partial charge is 0.383 e. The van der Waals surface area contributed by atoms with Gasteiger partial charge in [0.05, 0.1) is 18.8 Å². The Morgan fingerprint density at radius 3 is 2.94 bits per heavy atom. The van der Waals surface area contributed by atoms with E-state index in [1.54, 1.807) is 7.11 Å². The fourth-order valence-electron chi connectivity index (χ4n) is 1.88. The first-order chi connectivity index (χ1) is 8.79. The van der Waals surface area contributed by atoms with Crippen molar-refractivity contribution in [2.45, 2.75) is 13.1 Å². The zero-order valence-corrected chi connectivity index (χ0v) is 11.0. The molecule has 0 atom stereocenters. The van der Waals surface area contributed by atoms with Crippen molar-refractivity contribution in [3.8, 4) is 0 Å². The highest BCUT2D eigenvalue weighted by molar-refractivity contribution is 5.10. The van der Waals surface area contributed by atoms with E-state index in [9.17, 15) is 0 Å². The number of hydrogen-bond donors (Lipinski definition) is 1. The van der Waals surface area contributed by atoms with Crippen LogP contribution in [0.3, 0.4) is 0 Å². The van der Waals surface area contributed by atoms with Gasteiger partial charge in [-0.3, -0.25) is 4.68 Å². The van der Waals surface area contributed by atoms with Gasteiger partial charge in [-0.05, 0) is 18.2 Å². The minimum absolute atomic E-state index is 0.737. The van der Waals surface area contributed by atoms with E-state index >= 15 is 0 Å². The monoisotopic (exact) mass is 248 g/mol. The molecule has 2 aromatic rings. The van der Waals surface area contributed by atoms with Crippen LogP contribution >= 0.6 is 0 Å². The summed E-state index contributed by atoms with van der Waals surface area (Å²) in [7, 11) is 3.65. The van der Waals surface area contributed by atoms with Gasteiger partial charge >= 0.3 is 0 Å². The van der Waals surface area contributed by atoms with Gasteiger partial charge in [0.2, 0.25) is 0 Å². The molecule has 2 heterocycles. The van der Waals surface area contributed by atoms with Crippen molar-refractivity contribution in [3.05, 3.63) is 42.0 Å². The molecule has 0 aliphatic rings. The van der Waals surface area contributed by atoms with Crippen LogP contribution in [0.25, 0.3) is 0 Å². The molecule has 0 unspecified atom stereocenters. The summed E-state index contributed by atoms with van der Waals surface area (Å²) < 4.78 is 9.05. The summed E-state index contributed by atoms with van der Waals surface area (Å²) in [5.41, 5.74) is 2.34. The minimum Gasteiger partial charge on any atom is -0.383 e. The molecular formula is C13H20N4O. The highest BCUT2D eigenvalue weighted by Gasteiger charge is 2.03. The van der Waals surface area contributed by atoms with Crippen molar-refractivity contribution in [1.29, 1.82) is 0 Å². The van der Waals surface area contributed by atoms with Gasteiger partial charge in [0, 0.05) is 45.3 Å². The lowest BCUT2D eigenvalue weighted by atomic mass is 10.4. The summed E-state index contributed by atoms with van der Waals surface area (Å²) in [6.45, 7) is 3.27. The fraction of sp³-hybridized carbons (Fsp3) is 0.462. The standard InChI is InChI=1S/C13H20N4O/c1-16-8-5-12(15-16)11-17-7-3-4-13(17)10-14-6-9-18-2/h3-5,7-8,14H,6,9-11H2,1-2H3. The molecule has 0 bridgehead atoms. The molecule has 5 nitrogen and oxygen atoms in total. The van der Waals surface area contributed by atoms with E-state index in [0.717, 1.165) is 31.9 Å². The van der Waals surface area contributed by atoms with Crippen molar-refractivity contribution in [1.82, 2.24) is 19.7 Å². The lowest BCUT2D eigenvalue weighted by molar-refractivity contribution is 0.199. The van der Waals surface area contributed by atoms with Gasteiger partial charge in [-0.25, -0.2) is 0 Å². The van der Waals surface area contributed by atoms with Crippen molar-refractivity contribution >= 4 is 0 Å². The van der Waals surface area contributed by atoms with Crippen LogP contribution in [0.15, 0.2) is 30.6 Å². The maximum Gasteiger partial charge on any atom is 0.0821 e. The molecular weight excluding hydrogens is 228 g/mol. The second-order valence-corrected chi connectivity index (χ2v) is 4.28. The van der Waals surface area contributed by atoms with E-state index in [1.165, 1.54) is 5.69 Å². The second-order valence-electron chi connectivity index (χ2n) is 4.28. The molecule has 0 radical (unpaired) electrons. The number of nitrogens with zero attached hydrogens (tertiary/aromatic N) is 3. The van der Waals surface area contributed by atoms with Crippen LogP contribution in [0.1, 0.15) is 11.4 Å². The maximum atomic E-state index is 5.01. The number of methoxy groups -OCH3 is 1. The molecule has 0 aliphatic carbocycles. The normalized spacial score (nSPS) is 11.0. The van der Waals surface area contributed by atoms with E-state index in [-0.39, 0.29) is 0 Å². The van der Waals surface area contributed by atoms with E-state index in [1.807, 2.05) is 24.0 Å². The second kappa shape index (κ2) is 6.37. The number of nitrogens with one attached hydrogen (secondary N) is 1. The van der Waals surface area contributed by atoms with Gasteiger partial charge in [0.1, 0.15) is 0 Å². The lowest BCUT2D eigenvalue weighted by Crippen LogP contribution is -2.20. The first kappa shape index (κ1) is 12.9. The molecule has 1 N–H and O–H groups in total. The molecule has 0 aliphatic heterocycles. The van der Waals surface area contributed by atoms with Gasteiger partial charge in [-0.15, -0.1) is 0 Å². The average Bonchev–Trinajstić information content (AvgIpc) is 2.95. The van der Waals surface area contributed by atoms with Gasteiger partial charge < -0.3 is 14.6 Å². The lowest BCUT2D eigenvalue weighted by Gasteiger charge is -2.08. The van der Waals surface area contributed by atoms with Crippen molar-refractivity contribution in [2.24, 2.45) is 7.05 Å². The molecule has 18 heavy (non-hydrogen) atoms. The maximum absolute atomic E-state index is 5.01. The van der Waals surface area contributed by atoms with Crippen LogP contribution < -0.4 is 5.32 Å². The Morgan fingerprint density at radius 2 is 2.22 bits per heavy atom. The molecule has 0 saturated heterocycles. The molecule has 0 saturated carbocycles. The zero-order chi connectivity index (χ0) is 12.8. The van der Waals surface area contributed by atoms with Crippen LogP contribution in [-0.4, -0.2) is 34.6 Å². The SMILES string of the molecule is COCCNCc1cccn1Cc1ccn(C)n1. The third-order valence-corrected chi connectivity index (χ3v) is 2.81. The summed E-state index contributed by atoms with van der Waals surface area (Å²) in [4.78, 5) is 0. The van der Waals surface area contributed by atoms with E-state index in [2.05, 4.69) is 33.3 Å². The van der Waals surface area contributed by atoms with Crippen molar-refractivity contribution in [2.75, 3.05) is 20.3 Å². The Hall–Kier alpha value is -1.59. The van der Waals surface area contributed by atoms with Gasteiger partial charge in [-0.1, -0.05) is 0 Å². The molecule has 0 amide bonds. The fourth-order valence-corrected chi connectivity index (χ4v) is 1.88. The van der Waals surface area contributed by atoms with Crippen LogP contribution in [0, 0.1) is 0 Å². The predicted molar refractivity (Wildman–Crippen MR) is 70.3 cm³/mol. The van der Waals surface area contributed by atoms with Gasteiger partial charge in [-0.2, -0.15) is 5.10 Å². The highest BCUT2D eigenvalue weighted by atomic mass is 16.5.